The molecule has 0 fully saturated rings. The van der Waals surface area contributed by atoms with E-state index in [4.69, 9.17) is 4.74 Å². The Morgan fingerprint density at radius 2 is 1.72 bits per heavy atom. The summed E-state index contributed by atoms with van der Waals surface area (Å²) in [5.41, 5.74) is 6.57. The number of methoxy groups -OCH3 is 1. The van der Waals surface area contributed by atoms with Crippen LogP contribution in [0.3, 0.4) is 0 Å². The third-order valence-corrected chi connectivity index (χ3v) is 6.39. The summed E-state index contributed by atoms with van der Waals surface area (Å²) in [4.78, 5) is 25.7. The van der Waals surface area contributed by atoms with Gasteiger partial charge in [0.1, 0.15) is 0 Å². The second-order valence-electron chi connectivity index (χ2n) is 8.56. The molecule has 0 saturated heterocycles. The molecular formula is C28H25NO3. The summed E-state index contributed by atoms with van der Waals surface area (Å²) in [6, 6.07) is 24.3. The number of hydrogen-bond donors (Lipinski definition) is 0. The van der Waals surface area contributed by atoms with Crippen LogP contribution in [0.4, 0.5) is 0 Å². The van der Waals surface area contributed by atoms with Gasteiger partial charge >= 0.3 is 5.97 Å². The van der Waals surface area contributed by atoms with Gasteiger partial charge < -0.3 is 9.30 Å². The topological polar surface area (TPSA) is 48.3 Å². The largest absolute Gasteiger partial charge is 0.465 e. The average Bonchev–Trinajstić information content (AvgIpc) is 3.13. The van der Waals surface area contributed by atoms with Crippen molar-refractivity contribution in [1.29, 1.82) is 0 Å². The number of carbonyl (C=O) groups is 2. The van der Waals surface area contributed by atoms with Crippen molar-refractivity contribution in [3.63, 3.8) is 0 Å². The van der Waals surface area contributed by atoms with Crippen LogP contribution in [0.25, 0.3) is 22.0 Å². The summed E-state index contributed by atoms with van der Waals surface area (Å²) in [7, 11) is 1.38. The number of esters is 1. The van der Waals surface area contributed by atoms with Gasteiger partial charge in [0, 0.05) is 29.6 Å². The normalized spacial score (nSPS) is 15.6. The van der Waals surface area contributed by atoms with Gasteiger partial charge in [-0.3, -0.25) is 4.79 Å². The molecule has 0 aliphatic heterocycles. The van der Waals surface area contributed by atoms with Crippen LogP contribution < -0.4 is 0 Å². The lowest BCUT2D eigenvalue weighted by molar-refractivity contribution is 0.0603. The molecule has 1 aliphatic rings. The van der Waals surface area contributed by atoms with Gasteiger partial charge in [-0.2, -0.15) is 0 Å². The van der Waals surface area contributed by atoms with Crippen molar-refractivity contribution in [1.82, 2.24) is 4.57 Å². The first-order valence-corrected chi connectivity index (χ1v) is 11.0. The maximum absolute atomic E-state index is 13.2. The van der Waals surface area contributed by atoms with Crippen LogP contribution in [0.2, 0.25) is 0 Å². The van der Waals surface area contributed by atoms with Gasteiger partial charge in [-0.25, -0.2) is 4.79 Å². The fourth-order valence-corrected chi connectivity index (χ4v) is 4.97. The minimum Gasteiger partial charge on any atom is -0.465 e. The Bertz CT molecular complexity index is 1330. The maximum Gasteiger partial charge on any atom is 0.338 e. The van der Waals surface area contributed by atoms with E-state index >= 15 is 0 Å². The highest BCUT2D eigenvalue weighted by Gasteiger charge is 2.31. The minimum absolute atomic E-state index is 0.107. The van der Waals surface area contributed by atoms with E-state index in [0.29, 0.717) is 24.1 Å². The van der Waals surface area contributed by atoms with Crippen molar-refractivity contribution >= 4 is 22.7 Å². The molecule has 0 N–H and O–H groups in total. The molecule has 1 unspecified atom stereocenters. The molecule has 0 spiro atoms. The third-order valence-electron chi connectivity index (χ3n) is 6.39. The van der Waals surface area contributed by atoms with Crippen LogP contribution in [0, 0.1) is 5.92 Å². The number of aromatic nitrogens is 1. The Morgan fingerprint density at radius 3 is 2.50 bits per heavy atom. The molecule has 5 rings (SSSR count). The van der Waals surface area contributed by atoms with E-state index in [1.54, 1.807) is 6.07 Å². The molecule has 0 amide bonds. The third kappa shape index (κ3) is 3.32. The molecule has 1 aliphatic carbocycles. The molecular weight excluding hydrogens is 398 g/mol. The summed E-state index contributed by atoms with van der Waals surface area (Å²) < 4.78 is 7.27. The zero-order valence-corrected chi connectivity index (χ0v) is 18.3. The smallest absolute Gasteiger partial charge is 0.338 e. The standard InChI is InChI=1S/C28H25NO3/c1-18-15-24-27(25(30)16-18)26-22(28(31)32-2)13-8-14-23(26)29(24)17-20-11-6-7-12-21(20)19-9-4-3-5-10-19/h3-14,18H,15-17H2,1-2H3. The second kappa shape index (κ2) is 8.12. The van der Waals surface area contributed by atoms with Crippen molar-refractivity contribution in [2.24, 2.45) is 5.92 Å². The molecule has 1 atom stereocenters. The van der Waals surface area contributed by atoms with Gasteiger partial charge in [-0.15, -0.1) is 0 Å². The van der Waals surface area contributed by atoms with Crippen LogP contribution in [-0.4, -0.2) is 23.4 Å². The van der Waals surface area contributed by atoms with Crippen LogP contribution in [0.15, 0.2) is 72.8 Å². The van der Waals surface area contributed by atoms with E-state index in [1.807, 2.05) is 36.4 Å². The molecule has 160 valence electrons. The number of benzene rings is 3. The van der Waals surface area contributed by atoms with Crippen molar-refractivity contribution < 1.29 is 14.3 Å². The number of ketones is 1. The fourth-order valence-electron chi connectivity index (χ4n) is 4.97. The molecule has 1 heterocycles. The van der Waals surface area contributed by atoms with Crippen molar-refractivity contribution in [2.45, 2.75) is 26.3 Å². The monoisotopic (exact) mass is 423 g/mol. The van der Waals surface area contributed by atoms with E-state index in [2.05, 4.69) is 41.8 Å². The van der Waals surface area contributed by atoms with Crippen molar-refractivity contribution in [3.8, 4) is 11.1 Å². The zero-order chi connectivity index (χ0) is 22.2. The second-order valence-corrected chi connectivity index (χ2v) is 8.56. The Kier molecular flexibility index (Phi) is 5.14. The first kappa shape index (κ1) is 20.3. The van der Waals surface area contributed by atoms with Gasteiger partial charge in [0.15, 0.2) is 5.78 Å². The highest BCUT2D eigenvalue weighted by molar-refractivity contribution is 6.16. The Balaban J connectivity index is 1.74. The van der Waals surface area contributed by atoms with E-state index < -0.39 is 5.97 Å². The van der Waals surface area contributed by atoms with Gasteiger partial charge in [-0.05, 0) is 41.2 Å². The van der Waals surface area contributed by atoms with Gasteiger partial charge in [0.2, 0.25) is 0 Å². The maximum atomic E-state index is 13.2. The van der Waals surface area contributed by atoms with Crippen LogP contribution in [-0.2, 0) is 17.7 Å². The summed E-state index contributed by atoms with van der Waals surface area (Å²) in [6.07, 6.45) is 1.31. The van der Waals surface area contributed by atoms with Crippen LogP contribution in [0.5, 0.6) is 0 Å². The first-order valence-electron chi connectivity index (χ1n) is 11.0. The van der Waals surface area contributed by atoms with E-state index in [0.717, 1.165) is 28.6 Å². The SMILES string of the molecule is COC(=O)c1cccc2c1c1c(n2Cc2ccccc2-c2ccccc2)CC(C)CC1=O. The van der Waals surface area contributed by atoms with Gasteiger partial charge in [0.25, 0.3) is 0 Å². The van der Waals surface area contributed by atoms with E-state index in [1.165, 1.54) is 18.2 Å². The summed E-state index contributed by atoms with van der Waals surface area (Å²) in [6.45, 7) is 2.74. The molecule has 4 heteroatoms. The summed E-state index contributed by atoms with van der Waals surface area (Å²) >= 11 is 0. The first-order chi connectivity index (χ1) is 15.6. The Labute approximate surface area is 187 Å². The Hall–Kier alpha value is -3.66. The number of rotatable bonds is 4. The molecule has 4 aromatic rings. The minimum atomic E-state index is -0.411. The number of carbonyl (C=O) groups excluding carboxylic acids is 2. The predicted molar refractivity (Wildman–Crippen MR) is 126 cm³/mol. The van der Waals surface area contributed by atoms with Crippen molar-refractivity contribution in [2.75, 3.05) is 7.11 Å². The van der Waals surface area contributed by atoms with Crippen LogP contribution >= 0.6 is 0 Å². The van der Waals surface area contributed by atoms with Gasteiger partial charge in [0.05, 0.1) is 18.2 Å². The lowest BCUT2D eigenvalue weighted by Crippen LogP contribution is -2.20. The van der Waals surface area contributed by atoms with E-state index in [9.17, 15) is 9.59 Å². The molecule has 4 nitrogen and oxygen atoms in total. The lowest BCUT2D eigenvalue weighted by Gasteiger charge is -2.21. The predicted octanol–water partition coefficient (Wildman–Crippen LogP) is 5.91. The fraction of sp³-hybridized carbons (Fsp3) is 0.214. The molecule has 0 saturated carbocycles. The highest BCUT2D eigenvalue weighted by atomic mass is 16.5. The lowest BCUT2D eigenvalue weighted by atomic mass is 9.86. The number of hydrogen-bond acceptors (Lipinski definition) is 3. The zero-order valence-electron chi connectivity index (χ0n) is 18.3. The number of fused-ring (bicyclic) bond motifs is 3. The summed E-state index contributed by atoms with van der Waals surface area (Å²) in [5, 5.41) is 0.725. The molecule has 32 heavy (non-hydrogen) atoms. The number of Topliss-reactive ketones (excluding diaryl/α,β-unsaturated/α-hetero) is 1. The number of nitrogens with zero attached hydrogens (tertiary/aromatic N) is 1. The van der Waals surface area contributed by atoms with E-state index in [-0.39, 0.29) is 11.7 Å². The van der Waals surface area contributed by atoms with Gasteiger partial charge in [-0.1, -0.05) is 67.6 Å². The van der Waals surface area contributed by atoms with Crippen LogP contribution in [0.1, 0.15) is 45.3 Å². The average molecular weight is 424 g/mol. The molecule has 0 radical (unpaired) electrons. The molecule has 3 aromatic carbocycles. The molecule has 0 bridgehead atoms. The highest BCUT2D eigenvalue weighted by Crippen LogP contribution is 2.37. The van der Waals surface area contributed by atoms with Crippen molar-refractivity contribution in [3.05, 3.63) is 95.2 Å². The number of ether oxygens (including phenoxy) is 1. The quantitative estimate of drug-likeness (QED) is 0.384. The summed E-state index contributed by atoms with van der Waals surface area (Å²) in [5.74, 6) is -0.0362. The molecule has 1 aromatic heterocycles. The Morgan fingerprint density at radius 1 is 0.969 bits per heavy atom.